The number of hydrogen-bond donors (Lipinski definition) is 2. The molecule has 4 heteroatoms. The normalized spacial score (nSPS) is 31.9. The predicted molar refractivity (Wildman–Crippen MR) is 71.1 cm³/mol. The summed E-state index contributed by atoms with van der Waals surface area (Å²) >= 11 is 0. The molecule has 0 spiro atoms. The van der Waals surface area contributed by atoms with Gasteiger partial charge in [-0.15, -0.1) is 0 Å². The number of amides is 1. The van der Waals surface area contributed by atoms with Crippen LogP contribution in [0.15, 0.2) is 0 Å². The van der Waals surface area contributed by atoms with Crippen molar-refractivity contribution in [1.82, 2.24) is 5.32 Å². The van der Waals surface area contributed by atoms with Gasteiger partial charge in [-0.1, -0.05) is 6.92 Å². The molecule has 4 nitrogen and oxygen atoms in total. The van der Waals surface area contributed by atoms with Gasteiger partial charge in [-0.2, -0.15) is 0 Å². The molecule has 0 unspecified atom stereocenters. The van der Waals surface area contributed by atoms with Gasteiger partial charge in [-0.05, 0) is 43.9 Å². The first kappa shape index (κ1) is 13.8. The first-order chi connectivity index (χ1) is 8.59. The highest BCUT2D eigenvalue weighted by atomic mass is 16.5. The quantitative estimate of drug-likeness (QED) is 0.801. The van der Waals surface area contributed by atoms with E-state index in [-0.39, 0.29) is 17.2 Å². The summed E-state index contributed by atoms with van der Waals surface area (Å²) in [5, 5.41) is 3.14. The fraction of sp³-hybridized carbons (Fsp3) is 0.929. The van der Waals surface area contributed by atoms with Crippen molar-refractivity contribution >= 4 is 5.91 Å². The highest BCUT2D eigenvalue weighted by Crippen LogP contribution is 2.29. The lowest BCUT2D eigenvalue weighted by atomic mass is 9.81. The Balaban J connectivity index is 1.74. The molecule has 0 aromatic heterocycles. The average Bonchev–Trinajstić information content (AvgIpc) is 2.38. The molecule has 1 aliphatic carbocycles. The second-order valence-corrected chi connectivity index (χ2v) is 6.25. The Hall–Kier alpha value is -0.610. The smallest absolute Gasteiger partial charge is 0.223 e. The number of carbonyl (C=O) groups is 1. The van der Waals surface area contributed by atoms with Crippen LogP contribution in [-0.4, -0.2) is 31.7 Å². The van der Waals surface area contributed by atoms with Gasteiger partial charge in [0.1, 0.15) is 0 Å². The monoisotopic (exact) mass is 254 g/mol. The molecule has 2 rings (SSSR count). The van der Waals surface area contributed by atoms with E-state index in [0.29, 0.717) is 6.04 Å². The molecule has 2 fully saturated rings. The summed E-state index contributed by atoms with van der Waals surface area (Å²) in [6.07, 6.45) is 5.97. The molecule has 1 heterocycles. The number of hydrogen-bond acceptors (Lipinski definition) is 3. The van der Waals surface area contributed by atoms with Gasteiger partial charge in [0.15, 0.2) is 0 Å². The van der Waals surface area contributed by atoms with Crippen LogP contribution in [0.5, 0.6) is 0 Å². The number of nitrogens with one attached hydrogen (secondary N) is 1. The van der Waals surface area contributed by atoms with Crippen LogP contribution in [0.2, 0.25) is 0 Å². The topological polar surface area (TPSA) is 64.4 Å². The third-order valence-electron chi connectivity index (χ3n) is 4.53. The molecular formula is C14H26N2O2. The van der Waals surface area contributed by atoms with E-state index in [1.807, 2.05) is 0 Å². The molecule has 3 N–H and O–H groups in total. The van der Waals surface area contributed by atoms with E-state index in [1.54, 1.807) is 0 Å². The van der Waals surface area contributed by atoms with Crippen LogP contribution in [0.1, 0.15) is 45.4 Å². The van der Waals surface area contributed by atoms with Crippen molar-refractivity contribution in [2.24, 2.45) is 17.1 Å². The third-order valence-corrected chi connectivity index (χ3v) is 4.53. The summed E-state index contributed by atoms with van der Waals surface area (Å²) in [7, 11) is 0. The van der Waals surface area contributed by atoms with Gasteiger partial charge in [-0.3, -0.25) is 4.79 Å². The largest absolute Gasteiger partial charge is 0.381 e. The fourth-order valence-corrected chi connectivity index (χ4v) is 2.87. The second-order valence-electron chi connectivity index (χ2n) is 6.25. The first-order valence-corrected chi connectivity index (χ1v) is 7.20. The van der Waals surface area contributed by atoms with Gasteiger partial charge >= 0.3 is 0 Å². The maximum absolute atomic E-state index is 12.1. The van der Waals surface area contributed by atoms with E-state index in [4.69, 9.17) is 10.5 Å². The zero-order valence-electron chi connectivity index (χ0n) is 11.4. The molecule has 1 amide bonds. The molecule has 0 radical (unpaired) electrons. The van der Waals surface area contributed by atoms with Crippen LogP contribution < -0.4 is 11.1 Å². The summed E-state index contributed by atoms with van der Waals surface area (Å²) in [4.78, 5) is 12.1. The van der Waals surface area contributed by atoms with Crippen LogP contribution >= 0.6 is 0 Å². The summed E-state index contributed by atoms with van der Waals surface area (Å²) in [5.41, 5.74) is 6.08. The molecule has 0 aromatic carbocycles. The molecule has 1 aliphatic heterocycles. The SMILES string of the molecule is CC1(CNC(=O)C2CCC(N)CC2)CCOCC1. The lowest BCUT2D eigenvalue weighted by molar-refractivity contribution is -0.126. The molecule has 1 saturated carbocycles. The average molecular weight is 254 g/mol. The Labute approximate surface area is 110 Å². The van der Waals surface area contributed by atoms with Crippen LogP contribution in [0, 0.1) is 11.3 Å². The molecular weight excluding hydrogens is 228 g/mol. The standard InChI is InChI=1S/C14H26N2O2/c1-14(6-8-18-9-7-14)10-16-13(17)11-2-4-12(15)5-3-11/h11-12H,2-10,15H2,1H3,(H,16,17). The molecule has 2 aliphatic rings. The van der Waals surface area contributed by atoms with Crippen LogP contribution in [0.4, 0.5) is 0 Å². The van der Waals surface area contributed by atoms with E-state index in [9.17, 15) is 4.79 Å². The Morgan fingerprint density at radius 3 is 2.50 bits per heavy atom. The minimum Gasteiger partial charge on any atom is -0.381 e. The van der Waals surface area contributed by atoms with Crippen LogP contribution in [0.25, 0.3) is 0 Å². The molecule has 18 heavy (non-hydrogen) atoms. The number of carbonyl (C=O) groups excluding carboxylic acids is 1. The van der Waals surface area contributed by atoms with Gasteiger partial charge in [0, 0.05) is 31.7 Å². The van der Waals surface area contributed by atoms with Crippen molar-refractivity contribution in [3.63, 3.8) is 0 Å². The predicted octanol–water partition coefficient (Wildman–Crippen LogP) is 1.44. The van der Waals surface area contributed by atoms with Crippen LogP contribution in [-0.2, 0) is 9.53 Å². The number of ether oxygens (including phenoxy) is 1. The molecule has 1 saturated heterocycles. The number of nitrogens with two attached hydrogens (primary N) is 1. The van der Waals surface area contributed by atoms with Crippen molar-refractivity contribution in [1.29, 1.82) is 0 Å². The maximum Gasteiger partial charge on any atom is 0.223 e. The summed E-state index contributed by atoms with van der Waals surface area (Å²) in [6.45, 7) is 4.68. The molecule has 0 atom stereocenters. The van der Waals surface area contributed by atoms with Gasteiger partial charge < -0.3 is 15.8 Å². The van der Waals surface area contributed by atoms with E-state index in [2.05, 4.69) is 12.2 Å². The van der Waals surface area contributed by atoms with E-state index in [1.165, 1.54) is 0 Å². The highest BCUT2D eigenvalue weighted by molar-refractivity contribution is 5.78. The number of rotatable bonds is 3. The Morgan fingerprint density at radius 1 is 1.28 bits per heavy atom. The lowest BCUT2D eigenvalue weighted by Crippen LogP contribution is -2.43. The van der Waals surface area contributed by atoms with Crippen molar-refractivity contribution in [3.8, 4) is 0 Å². The summed E-state index contributed by atoms with van der Waals surface area (Å²) in [5.74, 6) is 0.419. The maximum atomic E-state index is 12.1. The van der Waals surface area contributed by atoms with Crippen molar-refractivity contribution in [3.05, 3.63) is 0 Å². The van der Waals surface area contributed by atoms with Crippen molar-refractivity contribution in [2.45, 2.75) is 51.5 Å². The van der Waals surface area contributed by atoms with Gasteiger partial charge in [-0.25, -0.2) is 0 Å². The van der Waals surface area contributed by atoms with E-state index >= 15 is 0 Å². The summed E-state index contributed by atoms with van der Waals surface area (Å²) < 4.78 is 5.37. The van der Waals surface area contributed by atoms with E-state index < -0.39 is 0 Å². The van der Waals surface area contributed by atoms with Crippen LogP contribution in [0.3, 0.4) is 0 Å². The highest BCUT2D eigenvalue weighted by Gasteiger charge is 2.30. The zero-order chi connectivity index (χ0) is 13.0. The Bertz CT molecular complexity index is 280. The van der Waals surface area contributed by atoms with Gasteiger partial charge in [0.05, 0.1) is 0 Å². The minimum atomic E-state index is 0.188. The first-order valence-electron chi connectivity index (χ1n) is 7.20. The third kappa shape index (κ3) is 3.69. The zero-order valence-corrected chi connectivity index (χ0v) is 11.4. The lowest BCUT2D eigenvalue weighted by Gasteiger charge is -2.34. The van der Waals surface area contributed by atoms with Crippen molar-refractivity contribution in [2.75, 3.05) is 19.8 Å². The van der Waals surface area contributed by atoms with Crippen molar-refractivity contribution < 1.29 is 9.53 Å². The fourth-order valence-electron chi connectivity index (χ4n) is 2.87. The Morgan fingerprint density at radius 2 is 1.89 bits per heavy atom. The second kappa shape index (κ2) is 6.02. The summed E-state index contributed by atoms with van der Waals surface area (Å²) in [6, 6.07) is 0.307. The van der Waals surface area contributed by atoms with E-state index in [0.717, 1.165) is 58.3 Å². The van der Waals surface area contributed by atoms with Gasteiger partial charge in [0.25, 0.3) is 0 Å². The van der Waals surface area contributed by atoms with Gasteiger partial charge in [0.2, 0.25) is 5.91 Å². The minimum absolute atomic E-state index is 0.188. The Kier molecular flexibility index (Phi) is 4.62. The molecule has 0 bridgehead atoms. The molecule has 0 aromatic rings. The molecule has 104 valence electrons.